The molecule has 1 aromatic carbocycles. The zero-order chi connectivity index (χ0) is 7.84. The van der Waals surface area contributed by atoms with Gasteiger partial charge in [0.15, 0.2) is 0 Å². The number of Topliss-reactive ketones (excluding diaryl/α,β-unsaturated/α-hetero) is 1. The van der Waals surface area contributed by atoms with Gasteiger partial charge in [0.2, 0.25) is 5.78 Å². The summed E-state index contributed by atoms with van der Waals surface area (Å²) in [5.41, 5.74) is 1.11. The second-order valence-corrected chi connectivity index (χ2v) is 2.32. The fourth-order valence-corrected chi connectivity index (χ4v) is 1.03. The predicted molar refractivity (Wildman–Crippen MR) is 40.6 cm³/mol. The van der Waals surface area contributed by atoms with Crippen molar-refractivity contribution < 1.29 is 9.90 Å². The molecular weight excluding hydrogens is 142 g/mol. The Hall–Kier alpha value is -1.64. The van der Waals surface area contributed by atoms with Gasteiger partial charge >= 0.3 is 0 Å². The molecule has 3 heteroatoms. The van der Waals surface area contributed by atoms with Crippen LogP contribution in [0.25, 0.3) is 0 Å². The van der Waals surface area contributed by atoms with E-state index in [2.05, 4.69) is 4.99 Å². The van der Waals surface area contributed by atoms with Gasteiger partial charge in [0.25, 0.3) is 0 Å². The van der Waals surface area contributed by atoms with Gasteiger partial charge in [0, 0.05) is 0 Å². The van der Waals surface area contributed by atoms with E-state index in [-0.39, 0.29) is 11.5 Å². The summed E-state index contributed by atoms with van der Waals surface area (Å²) in [6.45, 7) is 0. The first kappa shape index (κ1) is 6.09. The van der Waals surface area contributed by atoms with Crippen LogP contribution in [0.2, 0.25) is 0 Å². The number of benzene rings is 1. The number of fused-ring (bicyclic) bond motifs is 1. The quantitative estimate of drug-likeness (QED) is 0.601. The van der Waals surface area contributed by atoms with Crippen molar-refractivity contribution in [2.24, 2.45) is 4.99 Å². The smallest absolute Gasteiger partial charge is 0.206 e. The topological polar surface area (TPSA) is 49.7 Å². The number of ketones is 1. The van der Waals surface area contributed by atoms with Gasteiger partial charge in [-0.25, -0.2) is 0 Å². The first-order valence-electron chi connectivity index (χ1n) is 3.19. The van der Waals surface area contributed by atoms with E-state index in [1.165, 1.54) is 18.3 Å². The number of rotatable bonds is 0. The van der Waals surface area contributed by atoms with Gasteiger partial charge in [-0.05, 0) is 18.2 Å². The minimum Gasteiger partial charge on any atom is -0.508 e. The summed E-state index contributed by atoms with van der Waals surface area (Å²) >= 11 is 0. The summed E-state index contributed by atoms with van der Waals surface area (Å²) in [5.74, 6) is -0.0431. The molecule has 11 heavy (non-hydrogen) atoms. The van der Waals surface area contributed by atoms with E-state index in [9.17, 15) is 4.79 Å². The molecule has 1 aliphatic heterocycles. The standard InChI is InChI=1S/C8H5NO2/c10-5-1-2-7-6(3-5)8(11)4-9-7/h1-4,10H. The van der Waals surface area contributed by atoms with Crippen LogP contribution in [0.5, 0.6) is 5.75 Å². The Morgan fingerprint density at radius 2 is 2.18 bits per heavy atom. The fraction of sp³-hybridized carbons (Fsp3) is 0. The number of aromatic hydroxyl groups is 1. The van der Waals surface area contributed by atoms with Crippen molar-refractivity contribution in [2.75, 3.05) is 0 Å². The van der Waals surface area contributed by atoms with Crippen LogP contribution in [0.3, 0.4) is 0 Å². The van der Waals surface area contributed by atoms with Crippen LogP contribution < -0.4 is 0 Å². The van der Waals surface area contributed by atoms with Crippen LogP contribution in [-0.2, 0) is 0 Å². The number of phenolic OH excluding ortho intramolecular Hbond substituents is 1. The average Bonchev–Trinajstić information content (AvgIpc) is 2.33. The van der Waals surface area contributed by atoms with Crippen molar-refractivity contribution in [2.45, 2.75) is 0 Å². The van der Waals surface area contributed by atoms with Crippen molar-refractivity contribution in [3.05, 3.63) is 23.8 Å². The molecule has 0 spiro atoms. The van der Waals surface area contributed by atoms with Gasteiger partial charge < -0.3 is 5.11 Å². The van der Waals surface area contributed by atoms with E-state index in [0.29, 0.717) is 11.3 Å². The minimum absolute atomic E-state index is 0.0996. The highest BCUT2D eigenvalue weighted by molar-refractivity contribution is 6.40. The highest BCUT2D eigenvalue weighted by Gasteiger charge is 2.14. The molecule has 1 N–H and O–H groups in total. The molecule has 0 aromatic heterocycles. The maximum Gasteiger partial charge on any atom is 0.206 e. The van der Waals surface area contributed by atoms with E-state index >= 15 is 0 Å². The lowest BCUT2D eigenvalue weighted by Gasteiger charge is -1.94. The van der Waals surface area contributed by atoms with Crippen molar-refractivity contribution in [1.29, 1.82) is 0 Å². The summed E-state index contributed by atoms with van der Waals surface area (Å²) in [4.78, 5) is 14.8. The van der Waals surface area contributed by atoms with Gasteiger partial charge in [-0.1, -0.05) is 0 Å². The lowest BCUT2D eigenvalue weighted by atomic mass is 10.1. The first-order valence-corrected chi connectivity index (χ1v) is 3.19. The van der Waals surface area contributed by atoms with Crippen molar-refractivity contribution in [3.8, 4) is 5.75 Å². The SMILES string of the molecule is O=C1C=Nc2ccc(O)cc21. The van der Waals surface area contributed by atoms with Crippen LogP contribution in [0.1, 0.15) is 10.4 Å². The van der Waals surface area contributed by atoms with Crippen molar-refractivity contribution in [3.63, 3.8) is 0 Å². The largest absolute Gasteiger partial charge is 0.508 e. The Bertz CT molecular complexity index is 355. The van der Waals surface area contributed by atoms with Crippen LogP contribution in [0, 0.1) is 0 Å². The van der Waals surface area contributed by atoms with E-state index in [0.717, 1.165) is 0 Å². The second-order valence-electron chi connectivity index (χ2n) is 2.32. The van der Waals surface area contributed by atoms with E-state index in [1.54, 1.807) is 6.07 Å². The highest BCUT2D eigenvalue weighted by Crippen LogP contribution is 2.26. The third-order valence-electron chi connectivity index (χ3n) is 1.57. The zero-order valence-electron chi connectivity index (χ0n) is 5.61. The average molecular weight is 147 g/mol. The number of nitrogens with zero attached hydrogens (tertiary/aromatic N) is 1. The lowest BCUT2D eigenvalue weighted by Crippen LogP contribution is -1.92. The van der Waals surface area contributed by atoms with Gasteiger partial charge in [-0.2, -0.15) is 0 Å². The van der Waals surface area contributed by atoms with Gasteiger partial charge in [0.05, 0.1) is 17.5 Å². The molecule has 0 bridgehead atoms. The molecule has 0 saturated heterocycles. The number of carbonyl (C=O) groups excluding carboxylic acids is 1. The third-order valence-corrected chi connectivity index (χ3v) is 1.57. The van der Waals surface area contributed by atoms with Crippen LogP contribution >= 0.6 is 0 Å². The molecule has 0 atom stereocenters. The van der Waals surface area contributed by atoms with E-state index in [4.69, 9.17) is 5.11 Å². The summed E-state index contributed by atoms with van der Waals surface area (Å²) in [6.07, 6.45) is 1.25. The number of hydrogen-bond donors (Lipinski definition) is 1. The summed E-state index contributed by atoms with van der Waals surface area (Å²) < 4.78 is 0. The molecule has 54 valence electrons. The van der Waals surface area contributed by atoms with Gasteiger partial charge in [0.1, 0.15) is 5.75 Å². The molecule has 0 radical (unpaired) electrons. The van der Waals surface area contributed by atoms with Crippen LogP contribution in [0.4, 0.5) is 5.69 Å². The highest BCUT2D eigenvalue weighted by atomic mass is 16.3. The van der Waals surface area contributed by atoms with Gasteiger partial charge in [-0.3, -0.25) is 9.79 Å². The Labute approximate surface area is 63.0 Å². The van der Waals surface area contributed by atoms with E-state index < -0.39 is 0 Å². The molecule has 3 nitrogen and oxygen atoms in total. The fourth-order valence-electron chi connectivity index (χ4n) is 1.03. The molecule has 2 rings (SSSR count). The molecule has 1 aromatic rings. The number of hydrogen-bond acceptors (Lipinski definition) is 3. The van der Waals surface area contributed by atoms with Crippen LogP contribution in [-0.4, -0.2) is 17.1 Å². The molecule has 0 unspecified atom stereocenters. The Kier molecular flexibility index (Phi) is 1.06. The number of aliphatic imine (C=N–C) groups is 1. The summed E-state index contributed by atoms with van der Waals surface area (Å²) in [6, 6.07) is 4.55. The van der Waals surface area contributed by atoms with Crippen molar-refractivity contribution in [1.82, 2.24) is 0 Å². The van der Waals surface area contributed by atoms with Crippen LogP contribution in [0.15, 0.2) is 23.2 Å². The number of phenols is 1. The molecule has 0 amide bonds. The Morgan fingerprint density at radius 1 is 1.36 bits per heavy atom. The second kappa shape index (κ2) is 1.92. The lowest BCUT2D eigenvalue weighted by molar-refractivity contribution is 0.107. The molecule has 0 aliphatic carbocycles. The predicted octanol–water partition coefficient (Wildman–Crippen LogP) is 1.29. The molecule has 0 saturated carbocycles. The van der Waals surface area contributed by atoms with Gasteiger partial charge in [-0.15, -0.1) is 0 Å². The number of carbonyl (C=O) groups is 1. The summed E-state index contributed by atoms with van der Waals surface area (Å²) in [5, 5.41) is 9.01. The third kappa shape index (κ3) is 0.816. The van der Waals surface area contributed by atoms with E-state index in [1.807, 2.05) is 0 Å². The normalized spacial score (nSPS) is 13.6. The monoisotopic (exact) mass is 147 g/mol. The molecular formula is C8H5NO2. The Balaban J connectivity index is 2.67. The molecule has 1 heterocycles. The molecule has 1 aliphatic rings. The maximum atomic E-state index is 11.0. The maximum absolute atomic E-state index is 11.0. The van der Waals surface area contributed by atoms with Crippen molar-refractivity contribution >= 4 is 17.7 Å². The minimum atomic E-state index is -0.143. The zero-order valence-corrected chi connectivity index (χ0v) is 5.61. The summed E-state index contributed by atoms with van der Waals surface area (Å²) in [7, 11) is 0. The first-order chi connectivity index (χ1) is 5.27. The molecule has 0 fully saturated rings. The Morgan fingerprint density at radius 3 is 3.00 bits per heavy atom.